The Kier molecular flexibility index (Phi) is 6.05. The minimum absolute atomic E-state index is 0.00964. The van der Waals surface area contributed by atoms with E-state index >= 15 is 0 Å². The van der Waals surface area contributed by atoms with Gasteiger partial charge in [0.1, 0.15) is 5.75 Å². The van der Waals surface area contributed by atoms with Crippen LogP contribution in [0.3, 0.4) is 0 Å². The molecule has 0 saturated heterocycles. The molecule has 0 aliphatic heterocycles. The molecule has 3 nitrogen and oxygen atoms in total. The van der Waals surface area contributed by atoms with Crippen LogP contribution in [0.5, 0.6) is 5.75 Å². The van der Waals surface area contributed by atoms with Crippen LogP contribution in [0.1, 0.15) is 40.8 Å². The summed E-state index contributed by atoms with van der Waals surface area (Å²) in [4.78, 5) is 12.2. The van der Waals surface area contributed by atoms with E-state index in [9.17, 15) is 4.79 Å². The van der Waals surface area contributed by atoms with E-state index in [1.165, 1.54) is 11.1 Å². The van der Waals surface area contributed by atoms with Crippen LogP contribution in [-0.2, 0) is 4.79 Å². The largest absolute Gasteiger partial charge is 0.484 e. The zero-order valence-corrected chi connectivity index (χ0v) is 16.5. The van der Waals surface area contributed by atoms with E-state index in [1.807, 2.05) is 32.9 Å². The van der Waals surface area contributed by atoms with E-state index in [0.717, 1.165) is 21.2 Å². The number of benzene rings is 2. The van der Waals surface area contributed by atoms with Gasteiger partial charge < -0.3 is 10.1 Å². The highest BCUT2D eigenvalue weighted by Gasteiger charge is 2.13. The Bertz CT molecular complexity index is 732. The summed E-state index contributed by atoms with van der Waals surface area (Å²) in [5, 5.41) is 3.00. The van der Waals surface area contributed by atoms with Crippen molar-refractivity contribution in [3.05, 3.63) is 62.6 Å². The van der Waals surface area contributed by atoms with Crippen molar-refractivity contribution in [2.75, 3.05) is 6.61 Å². The molecule has 2 aromatic carbocycles. The first-order valence-corrected chi connectivity index (χ1v) is 8.83. The van der Waals surface area contributed by atoms with Crippen molar-refractivity contribution in [3.8, 4) is 5.75 Å². The first kappa shape index (κ1) is 18.5. The van der Waals surface area contributed by atoms with Gasteiger partial charge in [0.15, 0.2) is 6.61 Å². The van der Waals surface area contributed by atoms with Gasteiger partial charge in [-0.3, -0.25) is 4.79 Å². The van der Waals surface area contributed by atoms with E-state index in [4.69, 9.17) is 4.74 Å². The van der Waals surface area contributed by atoms with E-state index in [1.54, 1.807) is 0 Å². The number of hydrogen-bond acceptors (Lipinski definition) is 2. The van der Waals surface area contributed by atoms with E-state index in [2.05, 4.69) is 53.3 Å². The lowest BCUT2D eigenvalue weighted by atomic mass is 10.00. The van der Waals surface area contributed by atoms with Crippen molar-refractivity contribution in [2.45, 2.75) is 40.7 Å². The van der Waals surface area contributed by atoms with Crippen LogP contribution in [0.2, 0.25) is 0 Å². The van der Waals surface area contributed by atoms with Crippen molar-refractivity contribution in [1.29, 1.82) is 0 Å². The molecule has 0 fully saturated rings. The number of ether oxygens (including phenoxy) is 1. The van der Waals surface area contributed by atoms with Crippen molar-refractivity contribution in [1.82, 2.24) is 5.32 Å². The van der Waals surface area contributed by atoms with Gasteiger partial charge >= 0.3 is 0 Å². The highest BCUT2D eigenvalue weighted by Crippen LogP contribution is 2.26. The second-order valence-electron chi connectivity index (χ2n) is 6.31. The summed E-state index contributed by atoms with van der Waals surface area (Å²) in [6.07, 6.45) is 0. The summed E-state index contributed by atoms with van der Waals surface area (Å²) >= 11 is 3.53. The summed E-state index contributed by atoms with van der Waals surface area (Å²) < 4.78 is 6.71. The number of halogens is 1. The lowest BCUT2D eigenvalue weighted by molar-refractivity contribution is -0.123. The van der Waals surface area contributed by atoms with Gasteiger partial charge in [-0.05, 0) is 69.0 Å². The normalized spacial score (nSPS) is 11.9. The molecule has 0 saturated carbocycles. The lowest BCUT2D eigenvalue weighted by Crippen LogP contribution is -2.31. The molecule has 2 aromatic rings. The van der Waals surface area contributed by atoms with Crippen LogP contribution in [0.25, 0.3) is 0 Å². The average Bonchev–Trinajstić information content (AvgIpc) is 2.52. The van der Waals surface area contributed by atoms with Crippen molar-refractivity contribution < 1.29 is 9.53 Å². The van der Waals surface area contributed by atoms with Crippen LogP contribution >= 0.6 is 15.9 Å². The summed E-state index contributed by atoms with van der Waals surface area (Å²) in [6.45, 7) is 10.1. The second-order valence-corrected chi connectivity index (χ2v) is 7.10. The SMILES string of the molecule is Cc1ccc(C)c([C@H](C)NC(=O)COc2cc(C)c(Br)c(C)c2)c1. The standard InChI is InChI=1S/C20H24BrNO2/c1-12-6-7-13(2)18(8-12)16(5)22-19(23)11-24-17-9-14(3)20(21)15(4)10-17/h6-10,16H,11H2,1-5H3,(H,22,23)/t16-/m0/s1. The summed E-state index contributed by atoms with van der Waals surface area (Å²) in [7, 11) is 0. The summed E-state index contributed by atoms with van der Waals surface area (Å²) in [5.41, 5.74) is 5.68. The molecule has 0 bridgehead atoms. The third-order valence-corrected chi connectivity index (χ3v) is 5.31. The van der Waals surface area contributed by atoms with Crippen LogP contribution in [0.4, 0.5) is 0 Å². The molecule has 0 heterocycles. The monoisotopic (exact) mass is 389 g/mol. The fourth-order valence-electron chi connectivity index (χ4n) is 2.73. The number of hydrogen-bond donors (Lipinski definition) is 1. The molecule has 0 unspecified atom stereocenters. The van der Waals surface area contributed by atoms with Gasteiger partial charge in [-0.15, -0.1) is 0 Å². The highest BCUT2D eigenvalue weighted by molar-refractivity contribution is 9.10. The maximum atomic E-state index is 12.2. The predicted octanol–water partition coefficient (Wildman–Crippen LogP) is 4.94. The first-order valence-electron chi connectivity index (χ1n) is 8.04. The average molecular weight is 390 g/mol. The van der Waals surface area contributed by atoms with Crippen molar-refractivity contribution in [2.24, 2.45) is 0 Å². The molecule has 0 aliphatic carbocycles. The molecule has 0 radical (unpaired) electrons. The van der Waals surface area contributed by atoms with Gasteiger partial charge in [0.2, 0.25) is 0 Å². The van der Waals surface area contributed by atoms with Crippen molar-refractivity contribution >= 4 is 21.8 Å². The van der Waals surface area contributed by atoms with Gasteiger partial charge in [-0.2, -0.15) is 0 Å². The van der Waals surface area contributed by atoms with Crippen molar-refractivity contribution in [3.63, 3.8) is 0 Å². The molecule has 24 heavy (non-hydrogen) atoms. The second kappa shape index (κ2) is 7.84. The Hall–Kier alpha value is -1.81. The van der Waals surface area contributed by atoms with Crippen LogP contribution < -0.4 is 10.1 Å². The summed E-state index contributed by atoms with van der Waals surface area (Å²) in [6, 6.07) is 10.1. The van der Waals surface area contributed by atoms with Gasteiger partial charge in [0, 0.05) is 4.47 Å². The minimum Gasteiger partial charge on any atom is -0.484 e. The maximum Gasteiger partial charge on any atom is 0.258 e. The Morgan fingerprint density at radius 2 is 1.71 bits per heavy atom. The van der Waals surface area contributed by atoms with E-state index < -0.39 is 0 Å². The third-order valence-electron chi connectivity index (χ3n) is 4.06. The third kappa shape index (κ3) is 4.60. The van der Waals surface area contributed by atoms with Gasteiger partial charge in [-0.1, -0.05) is 39.7 Å². The van der Waals surface area contributed by atoms with Crippen LogP contribution in [0.15, 0.2) is 34.8 Å². The number of nitrogens with one attached hydrogen (secondary N) is 1. The Morgan fingerprint density at radius 3 is 2.33 bits per heavy atom. The maximum absolute atomic E-state index is 12.2. The van der Waals surface area contributed by atoms with Crippen LogP contribution in [0, 0.1) is 27.7 Å². The molecule has 2 rings (SSSR count). The van der Waals surface area contributed by atoms with Crippen LogP contribution in [-0.4, -0.2) is 12.5 Å². The predicted molar refractivity (Wildman–Crippen MR) is 102 cm³/mol. The quantitative estimate of drug-likeness (QED) is 0.786. The number of carbonyl (C=O) groups excluding carboxylic acids is 1. The van der Waals surface area contributed by atoms with E-state index in [0.29, 0.717) is 5.75 Å². The number of amides is 1. The molecule has 0 aromatic heterocycles. The van der Waals surface area contributed by atoms with Gasteiger partial charge in [0.25, 0.3) is 5.91 Å². The lowest BCUT2D eigenvalue weighted by Gasteiger charge is -2.18. The molecule has 0 spiro atoms. The smallest absolute Gasteiger partial charge is 0.258 e. The zero-order valence-electron chi connectivity index (χ0n) is 14.9. The molecule has 4 heteroatoms. The Labute approximate surface area is 152 Å². The molecule has 0 aliphatic rings. The molecule has 1 atom stereocenters. The fraction of sp³-hybridized carbons (Fsp3) is 0.350. The molecule has 128 valence electrons. The highest BCUT2D eigenvalue weighted by atomic mass is 79.9. The van der Waals surface area contributed by atoms with E-state index in [-0.39, 0.29) is 18.6 Å². The molecule has 1 amide bonds. The Balaban J connectivity index is 1.97. The molecular formula is C20H24BrNO2. The Morgan fingerprint density at radius 1 is 1.08 bits per heavy atom. The number of rotatable bonds is 5. The molecule has 1 N–H and O–H groups in total. The van der Waals surface area contributed by atoms with Gasteiger partial charge in [0.05, 0.1) is 6.04 Å². The number of carbonyl (C=O) groups is 1. The minimum atomic E-state index is -0.123. The number of aryl methyl sites for hydroxylation is 4. The molecular weight excluding hydrogens is 366 g/mol. The zero-order chi connectivity index (χ0) is 17.9. The summed E-state index contributed by atoms with van der Waals surface area (Å²) in [5.74, 6) is 0.587. The fourth-order valence-corrected chi connectivity index (χ4v) is 2.95. The topological polar surface area (TPSA) is 38.3 Å². The van der Waals surface area contributed by atoms with Gasteiger partial charge in [-0.25, -0.2) is 0 Å². The first-order chi connectivity index (χ1) is 11.3.